The van der Waals surface area contributed by atoms with E-state index in [4.69, 9.17) is 75.8 Å². The molecule has 0 radical (unpaired) electrons. The summed E-state index contributed by atoms with van der Waals surface area (Å²) in [6, 6.07) is 103. The second kappa shape index (κ2) is 35.3. The Kier molecular flexibility index (Phi) is 22.7. The van der Waals surface area contributed by atoms with Crippen molar-refractivity contribution in [2.75, 3.05) is 111 Å². The SMILES string of the molecule is COCOc1cc2cc(c1)c1c3ccccc3c(c3cc(c(OCOC)cc3OCOC)c3c4ccccc4c(c4cc(OCOC)cc(c4)c4cc(OCOC)cc(c4)c4c5ccccc5c(c5cc(c(OCOC)cc5OCOC)c5c6ccccc6c(c6cc(OCOC)cc2c6)c2ccccc25)c2ccccc24)c2ccccc23)c2ccccc21. The molecule has 0 unspecified atom stereocenters. The van der Waals surface area contributed by atoms with Crippen molar-refractivity contribution in [3.05, 3.63) is 291 Å². The predicted molar refractivity (Wildman–Crippen MR) is 503 cm³/mol. The molecule has 20 bridgehead atoms. The molecule has 19 aromatic rings. The van der Waals surface area contributed by atoms with Crippen molar-refractivity contribution in [2.45, 2.75) is 0 Å². The Balaban J connectivity index is 1.07. The van der Waals surface area contributed by atoms with Gasteiger partial charge in [0.05, 0.1) is 0 Å². The number of rotatable bonds is 24. The predicted octanol–water partition coefficient (Wildman–Crippen LogP) is 26.2. The summed E-state index contributed by atoms with van der Waals surface area (Å²) in [7, 11) is 13.0. The van der Waals surface area contributed by atoms with Gasteiger partial charge in [-0.05, 0) is 236 Å². The Morgan fingerprint density at radius 1 is 0.137 bits per heavy atom. The van der Waals surface area contributed by atoms with Gasteiger partial charge < -0.3 is 75.8 Å². The van der Waals surface area contributed by atoms with Gasteiger partial charge in [-0.2, -0.15) is 0 Å². The Labute approximate surface area is 714 Å². The van der Waals surface area contributed by atoms with E-state index in [2.05, 4.69) is 279 Å². The highest BCUT2D eigenvalue weighted by atomic mass is 16.7. The van der Waals surface area contributed by atoms with Crippen molar-refractivity contribution >= 4 is 194 Å². The summed E-state index contributed by atoms with van der Waals surface area (Å²) < 4.78 is 100. The van der Waals surface area contributed by atoms with Crippen LogP contribution in [0.2, 0.25) is 0 Å². The fourth-order valence-electron chi connectivity index (χ4n) is 18.3. The van der Waals surface area contributed by atoms with Crippen LogP contribution in [-0.4, -0.2) is 111 Å². The average molecular weight is 1640 g/mol. The Hall–Kier alpha value is -13.9. The molecule has 16 nitrogen and oxygen atoms in total. The summed E-state index contributed by atoms with van der Waals surface area (Å²) >= 11 is 0. The molecule has 0 aliphatic heterocycles. The average Bonchev–Trinajstić information content (AvgIpc) is 0.725. The third-order valence-electron chi connectivity index (χ3n) is 23.1. The van der Waals surface area contributed by atoms with Crippen molar-refractivity contribution in [3.63, 3.8) is 0 Å². The van der Waals surface area contributed by atoms with Gasteiger partial charge in [0.1, 0.15) is 46.0 Å². The van der Waals surface area contributed by atoms with Gasteiger partial charge in [0.2, 0.25) is 0 Å². The number of hydrogen-bond donors (Lipinski definition) is 0. The first-order valence-corrected chi connectivity index (χ1v) is 40.9. The zero-order chi connectivity index (χ0) is 84.3. The molecular weight excluding hydrogens is 1550 g/mol. The molecule has 124 heavy (non-hydrogen) atoms. The standard InChI is InChI=1S/C108H88O16/c1-109-57-117-73-45-65-41-69(49-73)101-77-25-9-17-33-85(77)105(86-34-18-10-26-78(86)101)93-53-94(98(122-62-114-6)55-97(93)121-61-113-5)107-89-37-21-13-29-81(89)103(82-30-14-22-38-90(82)107)71-43-67(47-75(51-71)119-59-111-3)68-44-72(52-76(48-68)120-60-112-4)104-83-31-15-23-39-91(83)108(92-40-24-16-32-84(92)104)96-54-95(99(123-63-115-7)56-100(96)124-64-116-8)106-87-35-19-11-27-79(87)102(80-28-12-20-36-88(80)106)70-42-66(65)46-74(50-70)118-58-110-2/h9-56H,57-64H2,1-8H3. The topological polar surface area (TPSA) is 148 Å². The molecule has 0 atom stereocenters. The van der Waals surface area contributed by atoms with Crippen molar-refractivity contribution in [1.82, 2.24) is 0 Å². The van der Waals surface area contributed by atoms with Crippen molar-refractivity contribution in [2.24, 2.45) is 0 Å². The van der Waals surface area contributed by atoms with Crippen LogP contribution in [0.1, 0.15) is 0 Å². The van der Waals surface area contributed by atoms with E-state index in [0.29, 0.717) is 46.0 Å². The first kappa shape index (κ1) is 79.9. The molecule has 616 valence electrons. The fraction of sp³-hybridized carbons (Fsp3) is 0.148. The third kappa shape index (κ3) is 14.7. The van der Waals surface area contributed by atoms with E-state index < -0.39 is 0 Å². The summed E-state index contributed by atoms with van der Waals surface area (Å²) in [5.74, 6) is 4.47. The molecule has 0 N–H and O–H groups in total. The summed E-state index contributed by atoms with van der Waals surface area (Å²) in [5.41, 5.74) is 0. The van der Waals surface area contributed by atoms with Crippen LogP contribution in [-0.2, 0) is 37.9 Å². The van der Waals surface area contributed by atoms with Gasteiger partial charge >= 0.3 is 0 Å². The lowest BCUT2D eigenvalue weighted by Gasteiger charge is -2.18. The summed E-state index contributed by atoms with van der Waals surface area (Å²) in [5, 5.41) is 33.2. The number of methoxy groups -OCH3 is 8. The number of fused-ring (bicyclic) bond motifs is 34. The Bertz CT molecular complexity index is 6640. The normalized spacial score (nSPS) is 11.7. The minimum Gasteiger partial charge on any atom is -0.468 e. The maximum absolute atomic E-state index is 6.86. The van der Waals surface area contributed by atoms with Crippen LogP contribution in [0, 0.1) is 0 Å². The zero-order valence-corrected chi connectivity index (χ0v) is 69.9. The van der Waals surface area contributed by atoms with Gasteiger partial charge in [0.25, 0.3) is 0 Å². The largest absolute Gasteiger partial charge is 0.468 e. The highest BCUT2D eigenvalue weighted by Gasteiger charge is 2.24. The molecule has 0 aliphatic carbocycles. The Morgan fingerprint density at radius 3 is 0.444 bits per heavy atom. The zero-order valence-electron chi connectivity index (χ0n) is 69.9. The minimum atomic E-state index is -0.0619. The van der Waals surface area contributed by atoms with Crippen LogP contribution in [0.3, 0.4) is 0 Å². The number of ether oxygens (including phenoxy) is 16. The lowest BCUT2D eigenvalue weighted by molar-refractivity contribution is 0.0471. The van der Waals surface area contributed by atoms with Crippen LogP contribution >= 0.6 is 0 Å². The summed E-state index contributed by atoms with van der Waals surface area (Å²) in [6.45, 7) is -0.297. The van der Waals surface area contributed by atoms with Crippen LogP contribution in [0.5, 0.6) is 46.0 Å². The minimum absolute atomic E-state index is 0.0124. The fourth-order valence-corrected chi connectivity index (χ4v) is 18.3. The highest BCUT2D eigenvalue weighted by molar-refractivity contribution is 6.38. The maximum Gasteiger partial charge on any atom is 0.188 e. The Morgan fingerprint density at radius 2 is 0.282 bits per heavy atom. The molecule has 19 rings (SSSR count). The van der Waals surface area contributed by atoms with Crippen LogP contribution in [0.4, 0.5) is 0 Å². The lowest BCUT2D eigenvalue weighted by Crippen LogP contribution is -2.03. The van der Waals surface area contributed by atoms with E-state index >= 15 is 0 Å². The van der Waals surface area contributed by atoms with Crippen LogP contribution in [0.25, 0.3) is 194 Å². The summed E-state index contributed by atoms with van der Waals surface area (Å²) in [4.78, 5) is 0. The van der Waals surface area contributed by atoms with E-state index in [1.165, 1.54) is 0 Å². The third-order valence-corrected chi connectivity index (χ3v) is 23.1. The molecular formula is C108H88O16. The number of hydrogen-bond acceptors (Lipinski definition) is 16. The molecule has 0 amide bonds. The van der Waals surface area contributed by atoms with Gasteiger partial charge in [0, 0.05) is 112 Å². The van der Waals surface area contributed by atoms with Crippen molar-refractivity contribution in [3.8, 4) is 46.0 Å². The van der Waals surface area contributed by atoms with E-state index in [0.717, 1.165) is 194 Å². The van der Waals surface area contributed by atoms with Gasteiger partial charge in [-0.1, -0.05) is 194 Å². The first-order valence-electron chi connectivity index (χ1n) is 40.9. The van der Waals surface area contributed by atoms with Gasteiger partial charge in [-0.3, -0.25) is 0 Å². The molecule has 0 heterocycles. The van der Waals surface area contributed by atoms with Crippen molar-refractivity contribution < 1.29 is 75.8 Å². The van der Waals surface area contributed by atoms with Gasteiger partial charge in [-0.15, -0.1) is 0 Å². The molecule has 0 saturated carbocycles. The molecule has 0 fully saturated rings. The molecule has 0 aliphatic rings. The quantitative estimate of drug-likeness (QED) is 0.0417. The van der Waals surface area contributed by atoms with E-state index in [-0.39, 0.29) is 54.3 Å². The number of benzene rings is 18. The van der Waals surface area contributed by atoms with Crippen LogP contribution < -0.4 is 37.9 Å². The van der Waals surface area contributed by atoms with E-state index in [1.807, 2.05) is 12.1 Å². The lowest BCUT2D eigenvalue weighted by atomic mass is 9.89. The molecule has 0 spiro atoms. The molecule has 16 heteroatoms. The van der Waals surface area contributed by atoms with Gasteiger partial charge in [-0.25, -0.2) is 0 Å². The first-order chi connectivity index (χ1) is 61.2. The van der Waals surface area contributed by atoms with Crippen LogP contribution in [0.15, 0.2) is 291 Å². The van der Waals surface area contributed by atoms with Gasteiger partial charge in [0.15, 0.2) is 54.3 Å². The van der Waals surface area contributed by atoms with E-state index in [1.54, 1.807) is 56.9 Å². The molecule has 0 aromatic heterocycles. The highest BCUT2D eigenvalue weighted by Crippen LogP contribution is 2.51. The smallest absolute Gasteiger partial charge is 0.188 e. The van der Waals surface area contributed by atoms with Crippen molar-refractivity contribution in [1.29, 1.82) is 0 Å². The second-order valence-electron chi connectivity index (χ2n) is 30.4. The maximum atomic E-state index is 6.86. The monoisotopic (exact) mass is 1640 g/mol. The second-order valence-corrected chi connectivity index (χ2v) is 30.4. The molecule has 19 aromatic carbocycles. The summed E-state index contributed by atoms with van der Waals surface area (Å²) in [6.07, 6.45) is 0. The van der Waals surface area contributed by atoms with E-state index in [9.17, 15) is 0 Å². The molecule has 0 saturated heterocycles.